The lowest BCUT2D eigenvalue weighted by molar-refractivity contribution is 0.423. The average Bonchev–Trinajstić information content (AvgIpc) is 2.95. The van der Waals surface area contributed by atoms with Gasteiger partial charge in [-0.1, -0.05) is 61.5 Å². The quantitative estimate of drug-likeness (QED) is 0.807. The standard InChI is InChI=1S/C19H21NO2S/c1-3-16-14-20(23(21,22)18-12-8-5-9-13-18)15-19(16,2)17-10-6-4-7-11-17/h3-13,16H,1,14-15H2,2H3/t16-,19-/m0/s1. The summed E-state index contributed by atoms with van der Waals surface area (Å²) in [5.41, 5.74) is 0.890. The Hall–Kier alpha value is -1.91. The third-order valence-electron chi connectivity index (χ3n) is 4.82. The van der Waals surface area contributed by atoms with Crippen molar-refractivity contribution in [3.8, 4) is 0 Å². The van der Waals surface area contributed by atoms with Crippen LogP contribution in [0.25, 0.3) is 0 Å². The first kappa shape index (κ1) is 16.0. The van der Waals surface area contributed by atoms with Crippen molar-refractivity contribution in [3.63, 3.8) is 0 Å². The molecule has 0 unspecified atom stereocenters. The van der Waals surface area contributed by atoms with E-state index in [4.69, 9.17) is 0 Å². The Morgan fingerprint density at radius 3 is 2.22 bits per heavy atom. The molecule has 2 atom stereocenters. The molecule has 1 aliphatic heterocycles. The van der Waals surface area contributed by atoms with Crippen LogP contribution in [0.1, 0.15) is 12.5 Å². The summed E-state index contributed by atoms with van der Waals surface area (Å²) in [7, 11) is -3.48. The highest BCUT2D eigenvalue weighted by Crippen LogP contribution is 2.41. The molecule has 4 heteroatoms. The van der Waals surface area contributed by atoms with Gasteiger partial charge in [0.15, 0.2) is 0 Å². The van der Waals surface area contributed by atoms with Gasteiger partial charge in [0.25, 0.3) is 0 Å². The van der Waals surface area contributed by atoms with Crippen LogP contribution in [0.5, 0.6) is 0 Å². The second-order valence-electron chi connectivity index (χ2n) is 6.24. The molecule has 0 aliphatic carbocycles. The number of nitrogens with zero attached hydrogens (tertiary/aromatic N) is 1. The first-order valence-corrected chi connectivity index (χ1v) is 9.16. The van der Waals surface area contributed by atoms with E-state index in [0.717, 1.165) is 5.56 Å². The molecule has 2 aromatic carbocycles. The van der Waals surface area contributed by atoms with Crippen LogP contribution in [0.4, 0.5) is 0 Å². The van der Waals surface area contributed by atoms with E-state index >= 15 is 0 Å². The SMILES string of the molecule is C=C[C@H]1CN(S(=O)(=O)c2ccccc2)C[C@]1(C)c1ccccc1. The van der Waals surface area contributed by atoms with Crippen LogP contribution in [-0.4, -0.2) is 25.8 Å². The maximum atomic E-state index is 12.9. The van der Waals surface area contributed by atoms with Gasteiger partial charge in [0.1, 0.15) is 0 Å². The summed E-state index contributed by atoms with van der Waals surface area (Å²) < 4.78 is 27.4. The number of hydrogen-bond donors (Lipinski definition) is 0. The largest absolute Gasteiger partial charge is 0.243 e. The van der Waals surface area contributed by atoms with Crippen LogP contribution >= 0.6 is 0 Å². The normalized spacial score (nSPS) is 25.3. The van der Waals surface area contributed by atoms with E-state index in [2.05, 4.69) is 25.6 Å². The molecule has 0 N–H and O–H groups in total. The summed E-state index contributed by atoms with van der Waals surface area (Å²) in [5, 5.41) is 0. The van der Waals surface area contributed by atoms with Crippen LogP contribution in [0.2, 0.25) is 0 Å². The minimum atomic E-state index is -3.48. The maximum Gasteiger partial charge on any atom is 0.243 e. The van der Waals surface area contributed by atoms with Crippen LogP contribution in [0.15, 0.2) is 78.2 Å². The average molecular weight is 327 g/mol. The molecule has 1 heterocycles. The van der Waals surface area contributed by atoms with Crippen LogP contribution in [0.3, 0.4) is 0 Å². The van der Waals surface area contributed by atoms with E-state index in [1.54, 1.807) is 28.6 Å². The summed E-state index contributed by atoms with van der Waals surface area (Å²) in [6.07, 6.45) is 1.88. The molecule has 2 aromatic rings. The molecule has 1 saturated heterocycles. The number of rotatable bonds is 4. The summed E-state index contributed by atoms with van der Waals surface area (Å²) >= 11 is 0. The van der Waals surface area contributed by atoms with E-state index in [0.29, 0.717) is 18.0 Å². The molecular formula is C19H21NO2S. The number of sulfonamides is 1. The van der Waals surface area contributed by atoms with Crippen molar-refractivity contribution >= 4 is 10.0 Å². The summed E-state index contributed by atoms with van der Waals surface area (Å²) in [6, 6.07) is 18.7. The zero-order valence-electron chi connectivity index (χ0n) is 13.2. The van der Waals surface area contributed by atoms with Crippen molar-refractivity contribution in [2.45, 2.75) is 17.2 Å². The van der Waals surface area contributed by atoms with Crippen molar-refractivity contribution < 1.29 is 8.42 Å². The van der Waals surface area contributed by atoms with Crippen LogP contribution in [-0.2, 0) is 15.4 Å². The molecule has 3 rings (SSSR count). The van der Waals surface area contributed by atoms with Gasteiger partial charge in [-0.15, -0.1) is 6.58 Å². The van der Waals surface area contributed by atoms with Gasteiger partial charge in [-0.25, -0.2) is 8.42 Å². The molecule has 1 fully saturated rings. The Labute approximate surface area is 138 Å². The van der Waals surface area contributed by atoms with Crippen molar-refractivity contribution in [2.75, 3.05) is 13.1 Å². The monoisotopic (exact) mass is 327 g/mol. The fourth-order valence-corrected chi connectivity index (χ4v) is 4.95. The highest BCUT2D eigenvalue weighted by molar-refractivity contribution is 7.89. The summed E-state index contributed by atoms with van der Waals surface area (Å²) in [5.74, 6) is 0.0865. The van der Waals surface area contributed by atoms with E-state index < -0.39 is 10.0 Å². The topological polar surface area (TPSA) is 37.4 Å². The van der Waals surface area contributed by atoms with E-state index in [1.807, 2.05) is 30.3 Å². The minimum absolute atomic E-state index is 0.0865. The van der Waals surface area contributed by atoms with E-state index in [-0.39, 0.29) is 11.3 Å². The van der Waals surface area contributed by atoms with Crippen molar-refractivity contribution in [2.24, 2.45) is 5.92 Å². The molecule has 0 radical (unpaired) electrons. The minimum Gasteiger partial charge on any atom is -0.207 e. The Kier molecular flexibility index (Phi) is 4.13. The third-order valence-corrected chi connectivity index (χ3v) is 6.65. The highest BCUT2D eigenvalue weighted by atomic mass is 32.2. The second-order valence-corrected chi connectivity index (χ2v) is 8.17. The molecule has 0 aromatic heterocycles. The van der Waals surface area contributed by atoms with Gasteiger partial charge in [0.05, 0.1) is 4.90 Å². The Morgan fingerprint density at radius 2 is 1.65 bits per heavy atom. The van der Waals surface area contributed by atoms with Gasteiger partial charge in [-0.2, -0.15) is 4.31 Å². The smallest absolute Gasteiger partial charge is 0.207 e. The molecule has 0 amide bonds. The number of benzene rings is 2. The zero-order chi connectivity index (χ0) is 16.5. The van der Waals surface area contributed by atoms with Gasteiger partial charge in [0.2, 0.25) is 10.0 Å². The lowest BCUT2D eigenvalue weighted by atomic mass is 9.74. The Balaban J connectivity index is 1.98. The molecule has 1 aliphatic rings. The fourth-order valence-electron chi connectivity index (χ4n) is 3.35. The second kappa shape index (κ2) is 5.95. The van der Waals surface area contributed by atoms with E-state index in [1.165, 1.54) is 0 Å². The first-order chi connectivity index (χ1) is 11.0. The lowest BCUT2D eigenvalue weighted by Crippen LogP contribution is -2.33. The Morgan fingerprint density at radius 1 is 1.09 bits per heavy atom. The predicted molar refractivity (Wildman–Crippen MR) is 92.7 cm³/mol. The molecule has 0 saturated carbocycles. The predicted octanol–water partition coefficient (Wildman–Crippen LogP) is 3.45. The molecule has 120 valence electrons. The van der Waals surface area contributed by atoms with Gasteiger partial charge in [-0.3, -0.25) is 0 Å². The number of hydrogen-bond acceptors (Lipinski definition) is 2. The molecule has 3 nitrogen and oxygen atoms in total. The van der Waals surface area contributed by atoms with Crippen molar-refractivity contribution in [3.05, 3.63) is 78.9 Å². The Bertz CT molecular complexity index is 787. The molecule has 23 heavy (non-hydrogen) atoms. The highest BCUT2D eigenvalue weighted by Gasteiger charge is 2.46. The molecule has 0 spiro atoms. The van der Waals surface area contributed by atoms with Crippen molar-refractivity contribution in [1.82, 2.24) is 4.31 Å². The summed E-state index contributed by atoms with van der Waals surface area (Å²) in [6.45, 7) is 6.98. The van der Waals surface area contributed by atoms with E-state index in [9.17, 15) is 8.42 Å². The zero-order valence-corrected chi connectivity index (χ0v) is 14.0. The van der Waals surface area contributed by atoms with Gasteiger partial charge in [0, 0.05) is 24.4 Å². The van der Waals surface area contributed by atoms with Crippen molar-refractivity contribution in [1.29, 1.82) is 0 Å². The maximum absolute atomic E-state index is 12.9. The lowest BCUT2D eigenvalue weighted by Gasteiger charge is -2.29. The van der Waals surface area contributed by atoms with Gasteiger partial charge < -0.3 is 0 Å². The van der Waals surface area contributed by atoms with Gasteiger partial charge >= 0.3 is 0 Å². The van der Waals surface area contributed by atoms with Gasteiger partial charge in [-0.05, 0) is 17.7 Å². The first-order valence-electron chi connectivity index (χ1n) is 7.72. The molecule has 0 bridgehead atoms. The molecular weight excluding hydrogens is 306 g/mol. The van der Waals surface area contributed by atoms with Crippen LogP contribution < -0.4 is 0 Å². The third kappa shape index (κ3) is 2.73. The summed E-state index contributed by atoms with van der Waals surface area (Å²) in [4.78, 5) is 0.347. The fraction of sp³-hybridized carbons (Fsp3) is 0.263. The van der Waals surface area contributed by atoms with Crippen LogP contribution in [0, 0.1) is 5.92 Å².